The first-order chi connectivity index (χ1) is 8.09. The zero-order valence-electron chi connectivity index (χ0n) is 9.83. The number of aromatic nitrogens is 1. The largest absolute Gasteiger partial charge is 0.325 e. The van der Waals surface area contributed by atoms with Crippen molar-refractivity contribution in [2.24, 2.45) is 5.73 Å². The van der Waals surface area contributed by atoms with E-state index in [0.717, 1.165) is 12.8 Å². The third-order valence-electron chi connectivity index (χ3n) is 2.88. The Kier molecular flexibility index (Phi) is 3.46. The van der Waals surface area contributed by atoms with Gasteiger partial charge in [0.1, 0.15) is 4.90 Å². The number of hydrogen-bond donors (Lipinski definition) is 1. The molecule has 0 spiro atoms. The zero-order valence-corrected chi connectivity index (χ0v) is 10.7. The van der Waals surface area contributed by atoms with Crippen LogP contribution in [0.4, 0.5) is 0 Å². The lowest BCUT2D eigenvalue weighted by Crippen LogP contribution is -2.33. The maximum atomic E-state index is 12.3. The van der Waals surface area contributed by atoms with Crippen molar-refractivity contribution < 1.29 is 8.42 Å². The second-order valence-electron chi connectivity index (χ2n) is 4.13. The van der Waals surface area contributed by atoms with E-state index in [-0.39, 0.29) is 10.9 Å². The van der Waals surface area contributed by atoms with E-state index in [1.807, 2.05) is 6.92 Å². The smallest absolute Gasteiger partial charge is 0.244 e. The quantitative estimate of drug-likeness (QED) is 0.841. The molecule has 6 heteroatoms. The van der Waals surface area contributed by atoms with E-state index in [0.29, 0.717) is 18.8 Å². The standard InChI is InChI=1S/C11H17N3O2S/c1-2-14(10-4-5-10)17(15,16)11-6-3-9(7-12)13-8-11/h3,6,8,10H,2,4-5,7,12H2,1H3. The number of rotatable bonds is 5. The molecule has 2 N–H and O–H groups in total. The van der Waals surface area contributed by atoms with Gasteiger partial charge in [-0.15, -0.1) is 0 Å². The predicted molar refractivity (Wildman–Crippen MR) is 64.7 cm³/mol. The van der Waals surface area contributed by atoms with E-state index in [2.05, 4.69) is 4.98 Å². The van der Waals surface area contributed by atoms with Gasteiger partial charge < -0.3 is 5.73 Å². The highest BCUT2D eigenvalue weighted by Crippen LogP contribution is 2.31. The summed E-state index contributed by atoms with van der Waals surface area (Å²) in [4.78, 5) is 4.28. The number of nitrogens with two attached hydrogens (primary N) is 1. The van der Waals surface area contributed by atoms with E-state index < -0.39 is 10.0 Å². The second kappa shape index (κ2) is 4.72. The van der Waals surface area contributed by atoms with Gasteiger partial charge in [0.2, 0.25) is 10.0 Å². The molecule has 1 aliphatic rings. The van der Waals surface area contributed by atoms with Crippen LogP contribution in [0.15, 0.2) is 23.2 Å². The first-order valence-corrected chi connectivity index (χ1v) is 7.20. The molecular formula is C11H17N3O2S. The van der Waals surface area contributed by atoms with Crippen molar-refractivity contribution in [1.29, 1.82) is 0 Å². The molecule has 0 radical (unpaired) electrons. The van der Waals surface area contributed by atoms with Crippen molar-refractivity contribution >= 4 is 10.0 Å². The molecule has 17 heavy (non-hydrogen) atoms. The van der Waals surface area contributed by atoms with Crippen LogP contribution in [0.1, 0.15) is 25.5 Å². The number of hydrogen-bond acceptors (Lipinski definition) is 4. The van der Waals surface area contributed by atoms with Gasteiger partial charge in [-0.2, -0.15) is 4.31 Å². The van der Waals surface area contributed by atoms with Crippen molar-refractivity contribution in [2.75, 3.05) is 6.54 Å². The fourth-order valence-corrected chi connectivity index (χ4v) is 3.45. The van der Waals surface area contributed by atoms with Crippen LogP contribution in [0, 0.1) is 0 Å². The highest BCUT2D eigenvalue weighted by molar-refractivity contribution is 7.89. The van der Waals surface area contributed by atoms with E-state index in [9.17, 15) is 8.42 Å². The third-order valence-corrected chi connectivity index (χ3v) is 4.89. The Morgan fingerprint density at radius 1 is 1.47 bits per heavy atom. The van der Waals surface area contributed by atoms with E-state index in [1.54, 1.807) is 16.4 Å². The van der Waals surface area contributed by atoms with Crippen LogP contribution in [-0.2, 0) is 16.6 Å². The SMILES string of the molecule is CCN(C1CC1)S(=O)(=O)c1ccc(CN)nc1. The average molecular weight is 255 g/mol. The predicted octanol–water partition coefficient (Wildman–Crippen LogP) is 0.713. The Labute approximate surface area is 102 Å². The van der Waals surface area contributed by atoms with Crippen molar-refractivity contribution in [3.8, 4) is 0 Å². The summed E-state index contributed by atoms with van der Waals surface area (Å²) in [5, 5.41) is 0. The summed E-state index contributed by atoms with van der Waals surface area (Å²) >= 11 is 0. The molecule has 2 rings (SSSR count). The first-order valence-electron chi connectivity index (χ1n) is 5.76. The molecule has 0 saturated heterocycles. The Hall–Kier alpha value is -0.980. The number of nitrogens with zero attached hydrogens (tertiary/aromatic N) is 2. The monoisotopic (exact) mass is 255 g/mol. The van der Waals surface area contributed by atoms with E-state index in [1.165, 1.54) is 6.20 Å². The van der Waals surface area contributed by atoms with Crippen molar-refractivity contribution in [1.82, 2.24) is 9.29 Å². The maximum absolute atomic E-state index is 12.3. The molecule has 0 atom stereocenters. The Balaban J connectivity index is 2.29. The summed E-state index contributed by atoms with van der Waals surface area (Å²) in [5.41, 5.74) is 6.12. The average Bonchev–Trinajstić information content (AvgIpc) is 3.14. The highest BCUT2D eigenvalue weighted by atomic mass is 32.2. The third kappa shape index (κ3) is 2.48. The summed E-state index contributed by atoms with van der Waals surface area (Å²) in [7, 11) is -3.38. The van der Waals surface area contributed by atoms with Crippen LogP contribution in [-0.4, -0.2) is 30.3 Å². The molecule has 0 aliphatic heterocycles. The lowest BCUT2D eigenvalue weighted by atomic mass is 10.4. The molecule has 1 fully saturated rings. The minimum Gasteiger partial charge on any atom is -0.325 e. The molecule has 1 aliphatic carbocycles. The topological polar surface area (TPSA) is 76.3 Å². The fraction of sp³-hybridized carbons (Fsp3) is 0.545. The molecule has 5 nitrogen and oxygen atoms in total. The molecule has 1 saturated carbocycles. The van der Waals surface area contributed by atoms with Gasteiger partial charge >= 0.3 is 0 Å². The molecule has 0 aromatic carbocycles. The second-order valence-corrected chi connectivity index (χ2v) is 6.02. The van der Waals surface area contributed by atoms with Crippen LogP contribution in [0.25, 0.3) is 0 Å². The summed E-state index contributed by atoms with van der Waals surface area (Å²) in [6.45, 7) is 2.68. The van der Waals surface area contributed by atoms with Gasteiger partial charge in [-0.3, -0.25) is 4.98 Å². The summed E-state index contributed by atoms with van der Waals surface area (Å²) < 4.78 is 26.1. The molecule has 1 aromatic heterocycles. The Bertz CT molecular complexity index is 480. The molecule has 94 valence electrons. The minimum atomic E-state index is -3.38. The zero-order chi connectivity index (χ0) is 12.5. The van der Waals surface area contributed by atoms with Gasteiger partial charge in [0.05, 0.1) is 5.69 Å². The van der Waals surface area contributed by atoms with Crippen LogP contribution in [0.5, 0.6) is 0 Å². The lowest BCUT2D eigenvalue weighted by Gasteiger charge is -2.19. The Morgan fingerprint density at radius 2 is 2.18 bits per heavy atom. The van der Waals surface area contributed by atoms with Crippen LogP contribution < -0.4 is 5.73 Å². The molecule has 0 unspecified atom stereocenters. The normalized spacial score (nSPS) is 16.4. The minimum absolute atomic E-state index is 0.180. The lowest BCUT2D eigenvalue weighted by molar-refractivity contribution is 0.420. The van der Waals surface area contributed by atoms with Gasteiger partial charge in [-0.05, 0) is 25.0 Å². The molecule has 1 heterocycles. The van der Waals surface area contributed by atoms with Gasteiger partial charge in [-0.1, -0.05) is 6.92 Å². The summed E-state index contributed by atoms with van der Waals surface area (Å²) in [6.07, 6.45) is 3.31. The molecule has 1 aromatic rings. The van der Waals surface area contributed by atoms with E-state index in [4.69, 9.17) is 5.73 Å². The van der Waals surface area contributed by atoms with Gasteiger partial charge in [0.25, 0.3) is 0 Å². The fourth-order valence-electron chi connectivity index (χ4n) is 1.81. The molecular weight excluding hydrogens is 238 g/mol. The van der Waals surface area contributed by atoms with E-state index >= 15 is 0 Å². The van der Waals surface area contributed by atoms with Crippen LogP contribution in [0.3, 0.4) is 0 Å². The molecule has 0 amide bonds. The highest BCUT2D eigenvalue weighted by Gasteiger charge is 2.36. The van der Waals surface area contributed by atoms with Crippen LogP contribution in [0.2, 0.25) is 0 Å². The summed E-state index contributed by atoms with van der Waals surface area (Å²) in [6, 6.07) is 3.42. The number of sulfonamides is 1. The van der Waals surface area contributed by atoms with Crippen molar-refractivity contribution in [3.63, 3.8) is 0 Å². The van der Waals surface area contributed by atoms with Gasteiger partial charge in [-0.25, -0.2) is 8.42 Å². The Morgan fingerprint density at radius 3 is 2.59 bits per heavy atom. The first kappa shape index (κ1) is 12.5. The molecule has 0 bridgehead atoms. The van der Waals surface area contributed by atoms with Crippen LogP contribution >= 0.6 is 0 Å². The number of pyridine rings is 1. The van der Waals surface area contributed by atoms with Gasteiger partial charge in [0, 0.05) is 25.3 Å². The summed E-state index contributed by atoms with van der Waals surface area (Å²) in [5.74, 6) is 0. The van der Waals surface area contributed by atoms with Crippen molar-refractivity contribution in [3.05, 3.63) is 24.0 Å². The van der Waals surface area contributed by atoms with Crippen molar-refractivity contribution in [2.45, 2.75) is 37.2 Å². The maximum Gasteiger partial charge on any atom is 0.244 e. The van der Waals surface area contributed by atoms with Gasteiger partial charge in [0.15, 0.2) is 0 Å².